The van der Waals surface area contributed by atoms with Crippen molar-refractivity contribution in [2.45, 2.75) is 5.41 Å². The summed E-state index contributed by atoms with van der Waals surface area (Å²) in [6.07, 6.45) is 0. The first-order chi connectivity index (χ1) is 28.8. The van der Waals surface area contributed by atoms with Gasteiger partial charge in [0.1, 0.15) is 0 Å². The Morgan fingerprint density at radius 2 is 0.793 bits per heavy atom. The minimum atomic E-state index is -0.519. The van der Waals surface area contributed by atoms with Crippen LogP contribution in [-0.2, 0) is 5.41 Å². The molecule has 0 atom stereocenters. The molecule has 0 fully saturated rings. The van der Waals surface area contributed by atoms with Gasteiger partial charge in [-0.3, -0.25) is 0 Å². The first-order valence-corrected chi connectivity index (χ1v) is 20.2. The van der Waals surface area contributed by atoms with E-state index in [1.54, 1.807) is 0 Å². The van der Waals surface area contributed by atoms with Crippen LogP contribution in [0.2, 0.25) is 0 Å². The van der Waals surface area contributed by atoms with Gasteiger partial charge in [-0.25, -0.2) is 0 Å². The Kier molecular flexibility index (Phi) is 7.21. The fraction of sp³-hybridized carbons (Fsp3) is 0.0175. The molecule has 2 aliphatic rings. The molecule has 0 aliphatic heterocycles. The SMILES string of the molecule is c1ccc(-c2ccc(N(c3ccc4ccccc4c3)c3c4c(c5ccccc5c3-c3ccccc3)C3(c5ccccc5-c5ccccc53)c3ccccc3-4)cc2)cc1. The smallest absolute Gasteiger partial charge is 0.0732 e. The average Bonchev–Trinajstić information content (AvgIpc) is 3.78. The summed E-state index contributed by atoms with van der Waals surface area (Å²) in [7, 11) is 0. The normalized spacial score (nSPS) is 13.0. The highest BCUT2D eigenvalue weighted by Crippen LogP contribution is 2.67. The summed E-state index contributed by atoms with van der Waals surface area (Å²) in [5.74, 6) is 0. The summed E-state index contributed by atoms with van der Waals surface area (Å²) < 4.78 is 0. The average molecular weight is 736 g/mol. The van der Waals surface area contributed by atoms with E-state index in [1.807, 2.05) is 0 Å². The van der Waals surface area contributed by atoms with Gasteiger partial charge in [0.25, 0.3) is 0 Å². The largest absolute Gasteiger partial charge is 0.309 e. The third kappa shape index (κ3) is 4.59. The van der Waals surface area contributed by atoms with E-state index in [-0.39, 0.29) is 0 Å². The minimum Gasteiger partial charge on any atom is -0.309 e. The Morgan fingerprint density at radius 1 is 0.310 bits per heavy atom. The van der Waals surface area contributed by atoms with Crippen LogP contribution in [0, 0.1) is 0 Å². The Bertz CT molecular complexity index is 3170. The molecule has 10 aromatic rings. The molecule has 58 heavy (non-hydrogen) atoms. The van der Waals surface area contributed by atoms with E-state index in [4.69, 9.17) is 0 Å². The van der Waals surface area contributed by atoms with Gasteiger partial charge in [-0.05, 0) is 101 Å². The van der Waals surface area contributed by atoms with Gasteiger partial charge in [0.2, 0.25) is 0 Å². The molecule has 0 radical (unpaired) electrons. The van der Waals surface area contributed by atoms with E-state index in [0.29, 0.717) is 0 Å². The molecular weight excluding hydrogens is 699 g/mol. The van der Waals surface area contributed by atoms with Crippen molar-refractivity contribution in [1.29, 1.82) is 0 Å². The number of rotatable bonds is 5. The van der Waals surface area contributed by atoms with Gasteiger partial charge in [-0.15, -0.1) is 0 Å². The highest BCUT2D eigenvalue weighted by Gasteiger charge is 2.53. The Balaban J connectivity index is 1.28. The third-order valence-electron chi connectivity index (χ3n) is 12.6. The van der Waals surface area contributed by atoms with Crippen molar-refractivity contribution in [3.05, 3.63) is 247 Å². The molecule has 1 spiro atoms. The molecule has 0 N–H and O–H groups in total. The second-order valence-corrected chi connectivity index (χ2v) is 15.6. The fourth-order valence-electron chi connectivity index (χ4n) is 10.3. The molecule has 0 bridgehead atoms. The van der Waals surface area contributed by atoms with Crippen molar-refractivity contribution in [3.63, 3.8) is 0 Å². The van der Waals surface area contributed by atoms with Crippen LogP contribution in [0.25, 0.3) is 66.1 Å². The molecule has 1 nitrogen and oxygen atoms in total. The van der Waals surface area contributed by atoms with E-state index < -0.39 is 5.41 Å². The molecule has 2 aliphatic carbocycles. The van der Waals surface area contributed by atoms with Crippen LogP contribution in [-0.4, -0.2) is 0 Å². The highest BCUT2D eigenvalue weighted by molar-refractivity contribution is 6.17. The molecule has 10 aromatic carbocycles. The van der Waals surface area contributed by atoms with Gasteiger partial charge in [0, 0.05) is 22.5 Å². The molecule has 0 unspecified atom stereocenters. The first kappa shape index (κ1) is 32.7. The van der Waals surface area contributed by atoms with Crippen LogP contribution in [0.5, 0.6) is 0 Å². The van der Waals surface area contributed by atoms with E-state index in [1.165, 1.54) is 94.0 Å². The van der Waals surface area contributed by atoms with Gasteiger partial charge in [-0.1, -0.05) is 200 Å². The van der Waals surface area contributed by atoms with E-state index in [0.717, 1.165) is 11.4 Å². The van der Waals surface area contributed by atoms with Crippen LogP contribution < -0.4 is 4.90 Å². The van der Waals surface area contributed by atoms with Crippen LogP contribution in [0.4, 0.5) is 17.1 Å². The number of hydrogen-bond acceptors (Lipinski definition) is 1. The monoisotopic (exact) mass is 735 g/mol. The lowest BCUT2D eigenvalue weighted by Crippen LogP contribution is -2.26. The summed E-state index contributed by atoms with van der Waals surface area (Å²) in [6, 6.07) is 83.2. The van der Waals surface area contributed by atoms with Crippen molar-refractivity contribution in [2.24, 2.45) is 0 Å². The molecule has 270 valence electrons. The first-order valence-electron chi connectivity index (χ1n) is 20.2. The molecule has 0 amide bonds. The van der Waals surface area contributed by atoms with E-state index in [9.17, 15) is 0 Å². The maximum atomic E-state index is 2.55. The summed E-state index contributed by atoms with van der Waals surface area (Å²) in [6.45, 7) is 0. The lowest BCUT2D eigenvalue weighted by atomic mass is 9.69. The zero-order valence-corrected chi connectivity index (χ0v) is 31.8. The predicted molar refractivity (Wildman–Crippen MR) is 243 cm³/mol. The van der Waals surface area contributed by atoms with Gasteiger partial charge in [-0.2, -0.15) is 0 Å². The second-order valence-electron chi connectivity index (χ2n) is 15.6. The molecule has 0 heterocycles. The van der Waals surface area contributed by atoms with Crippen LogP contribution in [0.3, 0.4) is 0 Å². The minimum absolute atomic E-state index is 0.519. The summed E-state index contributed by atoms with van der Waals surface area (Å²) in [5, 5.41) is 4.95. The van der Waals surface area contributed by atoms with Crippen LogP contribution in [0.1, 0.15) is 22.3 Å². The highest BCUT2D eigenvalue weighted by atomic mass is 15.1. The maximum absolute atomic E-state index is 2.55. The van der Waals surface area contributed by atoms with Gasteiger partial charge in [0.05, 0.1) is 11.1 Å². The number of anilines is 3. The lowest BCUT2D eigenvalue weighted by Gasteiger charge is -2.35. The molecular formula is C57H37N. The lowest BCUT2D eigenvalue weighted by molar-refractivity contribution is 0.801. The fourth-order valence-corrected chi connectivity index (χ4v) is 10.3. The standard InChI is InChI=1S/C57H37N/c1-3-17-38(18-4-1)40-31-34-43(35-32-40)58(44-36-33-39-19-7-8-22-42(39)37-44)56-53(41-20-5-2-6-21-41)47-25-9-10-26-48(47)55-54(56)49-27-13-16-30-52(49)57(55)50-28-14-11-23-45(50)46-24-12-15-29-51(46)57/h1-37H. The third-order valence-corrected chi connectivity index (χ3v) is 12.6. The van der Waals surface area contributed by atoms with Crippen LogP contribution in [0.15, 0.2) is 224 Å². The Labute approximate surface area is 338 Å². The van der Waals surface area contributed by atoms with Gasteiger partial charge in [0.15, 0.2) is 0 Å². The second kappa shape index (κ2) is 12.8. The number of hydrogen-bond donors (Lipinski definition) is 0. The maximum Gasteiger partial charge on any atom is 0.0732 e. The van der Waals surface area contributed by atoms with Crippen molar-refractivity contribution in [2.75, 3.05) is 4.90 Å². The zero-order valence-electron chi connectivity index (χ0n) is 31.8. The van der Waals surface area contributed by atoms with Crippen molar-refractivity contribution >= 4 is 38.6 Å². The van der Waals surface area contributed by atoms with Gasteiger partial charge >= 0.3 is 0 Å². The summed E-state index contributed by atoms with van der Waals surface area (Å²) >= 11 is 0. The van der Waals surface area contributed by atoms with E-state index in [2.05, 4.69) is 229 Å². The predicted octanol–water partition coefficient (Wildman–Crippen LogP) is 15.1. The molecule has 1 heteroatoms. The quantitative estimate of drug-likeness (QED) is 0.170. The van der Waals surface area contributed by atoms with Crippen molar-refractivity contribution in [3.8, 4) is 44.5 Å². The molecule has 0 aromatic heterocycles. The van der Waals surface area contributed by atoms with Crippen LogP contribution >= 0.6 is 0 Å². The summed E-state index contributed by atoms with van der Waals surface area (Å²) in [5.41, 5.74) is 18.2. The Morgan fingerprint density at radius 3 is 1.47 bits per heavy atom. The Hall–Kier alpha value is -7.48. The van der Waals surface area contributed by atoms with Crippen molar-refractivity contribution in [1.82, 2.24) is 0 Å². The van der Waals surface area contributed by atoms with Crippen molar-refractivity contribution < 1.29 is 0 Å². The molecule has 0 saturated heterocycles. The molecule has 12 rings (SSSR count). The topological polar surface area (TPSA) is 3.24 Å². The zero-order chi connectivity index (χ0) is 38.2. The van der Waals surface area contributed by atoms with Gasteiger partial charge < -0.3 is 4.90 Å². The molecule has 0 saturated carbocycles. The summed E-state index contributed by atoms with van der Waals surface area (Å²) in [4.78, 5) is 2.55. The van der Waals surface area contributed by atoms with E-state index >= 15 is 0 Å². The number of fused-ring (bicyclic) bond motifs is 13. The number of benzene rings is 10. The number of nitrogens with zero attached hydrogens (tertiary/aromatic N) is 1.